The van der Waals surface area contributed by atoms with Gasteiger partial charge < -0.3 is 15.0 Å². The summed E-state index contributed by atoms with van der Waals surface area (Å²) >= 11 is 0. The van der Waals surface area contributed by atoms with Crippen molar-refractivity contribution in [2.24, 2.45) is 5.73 Å². The van der Waals surface area contributed by atoms with Crippen molar-refractivity contribution in [3.63, 3.8) is 0 Å². The summed E-state index contributed by atoms with van der Waals surface area (Å²) in [6, 6.07) is 8.20. The highest BCUT2D eigenvalue weighted by molar-refractivity contribution is 5.55. The van der Waals surface area contributed by atoms with Gasteiger partial charge in [0, 0.05) is 11.6 Å². The molecule has 1 fully saturated rings. The van der Waals surface area contributed by atoms with Gasteiger partial charge in [-0.05, 0) is 56.6 Å². The molecule has 0 radical (unpaired) electrons. The lowest BCUT2D eigenvalue weighted by atomic mass is 9.99. The van der Waals surface area contributed by atoms with E-state index in [0.29, 0.717) is 24.3 Å². The Morgan fingerprint density at radius 1 is 1.30 bits per heavy atom. The highest BCUT2D eigenvalue weighted by Crippen LogP contribution is 2.23. The molecule has 0 amide bonds. The van der Waals surface area contributed by atoms with Crippen molar-refractivity contribution in [3.8, 4) is 17.1 Å². The molecular weight excluding hydrogens is 292 g/mol. The summed E-state index contributed by atoms with van der Waals surface area (Å²) in [5.41, 5.74) is 6.66. The maximum absolute atomic E-state index is 5.73. The lowest BCUT2D eigenvalue weighted by Gasteiger charge is -2.34. The number of benzene rings is 1. The molecule has 23 heavy (non-hydrogen) atoms. The molecular formula is C17H24N4O2. The van der Waals surface area contributed by atoms with Crippen LogP contribution < -0.4 is 10.5 Å². The van der Waals surface area contributed by atoms with Gasteiger partial charge in [-0.3, -0.25) is 4.90 Å². The second-order valence-electron chi connectivity index (χ2n) is 5.94. The van der Waals surface area contributed by atoms with Crippen molar-refractivity contribution < 1.29 is 9.26 Å². The summed E-state index contributed by atoms with van der Waals surface area (Å²) in [5.74, 6) is 2.10. The predicted octanol–water partition coefficient (Wildman–Crippen LogP) is 2.45. The molecule has 1 atom stereocenters. The molecule has 2 N–H and O–H groups in total. The Kier molecular flexibility index (Phi) is 5.25. The van der Waals surface area contributed by atoms with Crippen LogP contribution >= 0.6 is 0 Å². The third kappa shape index (κ3) is 3.89. The molecule has 2 aromatic rings. The number of likely N-dealkylation sites (tertiary alicyclic amines) is 1. The van der Waals surface area contributed by atoms with Gasteiger partial charge in [-0.25, -0.2) is 0 Å². The fourth-order valence-corrected chi connectivity index (χ4v) is 3.14. The number of nitrogens with two attached hydrogens (primary N) is 1. The number of aromatic nitrogens is 2. The highest BCUT2D eigenvalue weighted by atomic mass is 16.5. The van der Waals surface area contributed by atoms with Gasteiger partial charge in [0.15, 0.2) is 0 Å². The fraction of sp³-hybridized carbons (Fsp3) is 0.529. The third-order valence-electron chi connectivity index (χ3n) is 4.40. The number of hydrogen-bond donors (Lipinski definition) is 1. The second kappa shape index (κ2) is 7.57. The highest BCUT2D eigenvalue weighted by Gasteiger charge is 2.23. The first kappa shape index (κ1) is 16.0. The molecule has 1 saturated heterocycles. The molecule has 1 aromatic heterocycles. The van der Waals surface area contributed by atoms with Gasteiger partial charge in [0.2, 0.25) is 11.7 Å². The lowest BCUT2D eigenvalue weighted by Crippen LogP contribution is -2.40. The lowest BCUT2D eigenvalue weighted by molar-refractivity contribution is 0.118. The number of ether oxygens (including phenoxy) is 1. The van der Waals surface area contributed by atoms with E-state index in [4.69, 9.17) is 15.0 Å². The number of hydrogen-bond acceptors (Lipinski definition) is 6. The van der Waals surface area contributed by atoms with Crippen molar-refractivity contribution in [3.05, 3.63) is 30.2 Å². The normalized spacial score (nSPS) is 19.0. The van der Waals surface area contributed by atoms with E-state index in [9.17, 15) is 0 Å². The molecule has 0 saturated carbocycles. The van der Waals surface area contributed by atoms with E-state index in [2.05, 4.69) is 15.0 Å². The third-order valence-corrected chi connectivity index (χ3v) is 4.40. The number of rotatable bonds is 6. The van der Waals surface area contributed by atoms with E-state index in [1.165, 1.54) is 19.3 Å². The minimum Gasteiger partial charge on any atom is -0.497 e. The maximum atomic E-state index is 5.73. The zero-order valence-electron chi connectivity index (χ0n) is 13.6. The molecule has 0 bridgehead atoms. The Bertz CT molecular complexity index is 609. The average Bonchev–Trinajstić information content (AvgIpc) is 3.05. The summed E-state index contributed by atoms with van der Waals surface area (Å²) in [5, 5.41) is 4.10. The summed E-state index contributed by atoms with van der Waals surface area (Å²) in [6.45, 7) is 2.50. The summed E-state index contributed by atoms with van der Waals surface area (Å²) in [4.78, 5) is 6.95. The molecule has 1 aromatic carbocycles. The molecule has 6 nitrogen and oxygen atoms in total. The standard InChI is InChI=1S/C17H24N4O2/c1-22-15-7-5-13(6-8-15)17-19-16(23-20-17)12-21-11-3-2-4-14(21)9-10-18/h5-8,14H,2-4,9-12,18H2,1H3. The van der Waals surface area contributed by atoms with Crippen LogP contribution in [0.4, 0.5) is 0 Å². The maximum Gasteiger partial charge on any atom is 0.241 e. The number of nitrogens with zero attached hydrogens (tertiary/aromatic N) is 3. The molecule has 1 aliphatic rings. The van der Waals surface area contributed by atoms with Gasteiger partial charge in [0.25, 0.3) is 0 Å². The van der Waals surface area contributed by atoms with Gasteiger partial charge in [0.05, 0.1) is 13.7 Å². The van der Waals surface area contributed by atoms with Crippen molar-refractivity contribution >= 4 is 0 Å². The first-order valence-corrected chi connectivity index (χ1v) is 8.21. The van der Waals surface area contributed by atoms with Crippen LogP contribution in [0.15, 0.2) is 28.8 Å². The Hall–Kier alpha value is -1.92. The molecule has 6 heteroatoms. The van der Waals surface area contributed by atoms with Crippen molar-refractivity contribution in [1.82, 2.24) is 15.0 Å². The average molecular weight is 316 g/mol. The smallest absolute Gasteiger partial charge is 0.241 e. The monoisotopic (exact) mass is 316 g/mol. The molecule has 3 rings (SSSR count). The van der Waals surface area contributed by atoms with Crippen LogP contribution in [-0.2, 0) is 6.54 Å². The van der Waals surface area contributed by atoms with Gasteiger partial charge in [-0.15, -0.1) is 0 Å². The fourth-order valence-electron chi connectivity index (χ4n) is 3.14. The van der Waals surface area contributed by atoms with E-state index in [0.717, 1.165) is 30.8 Å². The minimum atomic E-state index is 0.532. The minimum absolute atomic E-state index is 0.532. The SMILES string of the molecule is COc1ccc(-c2noc(CN3CCCCC3CCN)n2)cc1. The van der Waals surface area contributed by atoms with Gasteiger partial charge in [0.1, 0.15) is 5.75 Å². The predicted molar refractivity (Wildman–Crippen MR) is 88.0 cm³/mol. The Morgan fingerprint density at radius 2 is 2.13 bits per heavy atom. The molecule has 2 heterocycles. The second-order valence-corrected chi connectivity index (χ2v) is 5.94. The Balaban J connectivity index is 1.68. The van der Waals surface area contributed by atoms with Crippen LogP contribution in [0.25, 0.3) is 11.4 Å². The van der Waals surface area contributed by atoms with Crippen molar-refractivity contribution in [2.75, 3.05) is 20.2 Å². The quantitative estimate of drug-likeness (QED) is 0.882. The summed E-state index contributed by atoms with van der Waals surface area (Å²) in [7, 11) is 1.65. The first-order valence-electron chi connectivity index (χ1n) is 8.21. The Labute approximate surface area is 136 Å². The first-order chi connectivity index (χ1) is 11.3. The largest absolute Gasteiger partial charge is 0.497 e. The van der Waals surface area contributed by atoms with Crippen molar-refractivity contribution in [2.45, 2.75) is 38.3 Å². The zero-order valence-corrected chi connectivity index (χ0v) is 13.6. The molecule has 1 aliphatic heterocycles. The van der Waals surface area contributed by atoms with Crippen LogP contribution in [0.5, 0.6) is 5.75 Å². The van der Waals surface area contributed by atoms with Crippen molar-refractivity contribution in [1.29, 1.82) is 0 Å². The van der Waals surface area contributed by atoms with Crippen LogP contribution in [0.1, 0.15) is 31.6 Å². The number of piperidine rings is 1. The van der Waals surface area contributed by atoms with Crippen LogP contribution in [0.3, 0.4) is 0 Å². The van der Waals surface area contributed by atoms with Gasteiger partial charge >= 0.3 is 0 Å². The van der Waals surface area contributed by atoms with Gasteiger partial charge in [-0.1, -0.05) is 11.6 Å². The summed E-state index contributed by atoms with van der Waals surface area (Å²) in [6.07, 6.45) is 4.73. The topological polar surface area (TPSA) is 77.4 Å². The van der Waals surface area contributed by atoms with Gasteiger partial charge in [-0.2, -0.15) is 4.98 Å². The number of methoxy groups -OCH3 is 1. The van der Waals surface area contributed by atoms with E-state index in [1.807, 2.05) is 24.3 Å². The summed E-state index contributed by atoms with van der Waals surface area (Å²) < 4.78 is 10.6. The molecule has 0 aliphatic carbocycles. The van der Waals surface area contributed by atoms with Crippen LogP contribution in [0, 0.1) is 0 Å². The molecule has 0 spiro atoms. The van der Waals surface area contributed by atoms with Crippen LogP contribution in [-0.4, -0.2) is 41.3 Å². The zero-order chi connectivity index (χ0) is 16.1. The van der Waals surface area contributed by atoms with E-state index < -0.39 is 0 Å². The molecule has 124 valence electrons. The molecule has 1 unspecified atom stereocenters. The Morgan fingerprint density at radius 3 is 2.87 bits per heavy atom. The van der Waals surface area contributed by atoms with E-state index >= 15 is 0 Å². The van der Waals surface area contributed by atoms with E-state index in [1.54, 1.807) is 7.11 Å². The van der Waals surface area contributed by atoms with E-state index in [-0.39, 0.29) is 0 Å². The van der Waals surface area contributed by atoms with Crippen LogP contribution in [0.2, 0.25) is 0 Å².